The highest BCUT2D eigenvalue weighted by Crippen LogP contribution is 2.43. The van der Waals surface area contributed by atoms with E-state index in [9.17, 15) is 14.7 Å². The van der Waals surface area contributed by atoms with Gasteiger partial charge in [-0.15, -0.1) is 0 Å². The first kappa shape index (κ1) is 25.4. The lowest BCUT2D eigenvalue weighted by atomic mass is 9.64. The zero-order valence-electron chi connectivity index (χ0n) is 20.4. The van der Waals surface area contributed by atoms with Crippen LogP contribution in [0.1, 0.15) is 28.7 Å². The van der Waals surface area contributed by atoms with Crippen LogP contribution < -0.4 is 16.4 Å². The van der Waals surface area contributed by atoms with Crippen molar-refractivity contribution in [3.05, 3.63) is 107 Å². The Balaban J connectivity index is 1.37. The van der Waals surface area contributed by atoms with Crippen LogP contribution in [0.4, 0.5) is 4.79 Å². The van der Waals surface area contributed by atoms with Crippen molar-refractivity contribution < 1.29 is 14.7 Å². The molecule has 0 saturated carbocycles. The average molecular weight is 487 g/mol. The smallest absolute Gasteiger partial charge is 0.315 e. The first-order valence-electron chi connectivity index (χ1n) is 12.4. The second kappa shape index (κ2) is 11.8. The van der Waals surface area contributed by atoms with Gasteiger partial charge in [0.15, 0.2) is 0 Å². The molecular weight excluding hydrogens is 452 g/mol. The Labute approximate surface area is 212 Å². The van der Waals surface area contributed by atoms with E-state index in [1.807, 2.05) is 84.9 Å². The van der Waals surface area contributed by atoms with Gasteiger partial charge in [0.25, 0.3) is 0 Å². The molecule has 0 bridgehead atoms. The van der Waals surface area contributed by atoms with Crippen LogP contribution in [0, 0.1) is 5.92 Å². The number of hydrogen-bond acceptors (Lipinski definition) is 4. The maximum absolute atomic E-state index is 13.2. The van der Waals surface area contributed by atoms with Crippen LogP contribution >= 0.6 is 0 Å². The molecule has 0 radical (unpaired) electrons. The van der Waals surface area contributed by atoms with Gasteiger partial charge in [-0.25, -0.2) is 4.79 Å². The summed E-state index contributed by atoms with van der Waals surface area (Å²) in [6.07, 6.45) is 0.833. The standard InChI is InChI=1S/C29H34N4O3/c30-27(35)29(24-10-3-1-4-11-24,25-12-5-2-6-13-25)26-14-16-33(20-26)17-15-31-28(36)32-19-22-8-7-9-23(18-22)21-34/h1-13,18,26,34H,14-17,19-21H2,(H2,30,35)(H2,31,32,36). The van der Waals surface area contributed by atoms with Crippen LogP contribution in [-0.4, -0.2) is 48.1 Å². The molecule has 0 spiro atoms. The number of likely N-dealkylation sites (tertiary alicyclic amines) is 1. The third-order valence-electron chi connectivity index (χ3n) is 7.07. The van der Waals surface area contributed by atoms with E-state index in [4.69, 9.17) is 5.73 Å². The van der Waals surface area contributed by atoms with Crippen molar-refractivity contribution in [2.75, 3.05) is 26.2 Å². The number of aliphatic hydroxyl groups excluding tert-OH is 1. The van der Waals surface area contributed by atoms with E-state index in [2.05, 4.69) is 15.5 Å². The van der Waals surface area contributed by atoms with Crippen LogP contribution in [-0.2, 0) is 23.4 Å². The largest absolute Gasteiger partial charge is 0.392 e. The molecule has 188 valence electrons. The summed E-state index contributed by atoms with van der Waals surface area (Å²) < 4.78 is 0. The number of nitrogens with one attached hydrogen (secondary N) is 2. The van der Waals surface area contributed by atoms with Crippen molar-refractivity contribution in [3.8, 4) is 0 Å². The summed E-state index contributed by atoms with van der Waals surface area (Å²) in [4.78, 5) is 27.7. The summed E-state index contributed by atoms with van der Waals surface area (Å²) in [5, 5.41) is 15.0. The quantitative estimate of drug-likeness (QED) is 0.353. The first-order chi connectivity index (χ1) is 17.5. The molecule has 3 amide bonds. The first-order valence-corrected chi connectivity index (χ1v) is 12.4. The molecule has 1 fully saturated rings. The van der Waals surface area contributed by atoms with Crippen molar-refractivity contribution >= 4 is 11.9 Å². The number of aliphatic hydroxyl groups is 1. The van der Waals surface area contributed by atoms with Crippen molar-refractivity contribution in [1.29, 1.82) is 0 Å². The van der Waals surface area contributed by atoms with Crippen LogP contribution in [0.15, 0.2) is 84.9 Å². The summed E-state index contributed by atoms with van der Waals surface area (Å²) in [7, 11) is 0. The van der Waals surface area contributed by atoms with Crippen LogP contribution in [0.2, 0.25) is 0 Å². The van der Waals surface area contributed by atoms with Gasteiger partial charge in [-0.1, -0.05) is 84.9 Å². The van der Waals surface area contributed by atoms with E-state index < -0.39 is 5.41 Å². The Morgan fingerprint density at radius 3 is 2.17 bits per heavy atom. The van der Waals surface area contributed by atoms with Crippen LogP contribution in [0.25, 0.3) is 0 Å². The number of rotatable bonds is 10. The Morgan fingerprint density at radius 1 is 0.917 bits per heavy atom. The molecule has 1 atom stereocenters. The fourth-order valence-electron chi connectivity index (χ4n) is 5.33. The van der Waals surface area contributed by atoms with Gasteiger partial charge in [0.05, 0.1) is 6.61 Å². The molecule has 1 aliphatic rings. The number of urea groups is 1. The molecule has 4 rings (SSSR count). The predicted octanol–water partition coefficient (Wildman–Crippen LogP) is 2.77. The van der Waals surface area contributed by atoms with E-state index in [1.54, 1.807) is 0 Å². The van der Waals surface area contributed by atoms with Crippen molar-refractivity contribution in [2.24, 2.45) is 11.7 Å². The number of nitrogens with two attached hydrogens (primary N) is 1. The number of nitrogens with zero attached hydrogens (tertiary/aromatic N) is 1. The maximum atomic E-state index is 13.2. The van der Waals surface area contributed by atoms with Gasteiger partial charge in [-0.05, 0) is 41.1 Å². The van der Waals surface area contributed by atoms with E-state index in [-0.39, 0.29) is 24.5 Å². The molecule has 1 unspecified atom stereocenters. The van der Waals surface area contributed by atoms with Gasteiger partial charge in [-0.3, -0.25) is 4.79 Å². The van der Waals surface area contributed by atoms with E-state index in [1.165, 1.54) is 0 Å². The van der Waals surface area contributed by atoms with Crippen LogP contribution in [0.5, 0.6) is 0 Å². The van der Waals surface area contributed by atoms with E-state index in [0.717, 1.165) is 35.2 Å². The Morgan fingerprint density at radius 2 is 1.56 bits per heavy atom. The predicted molar refractivity (Wildman–Crippen MR) is 140 cm³/mol. The van der Waals surface area contributed by atoms with Gasteiger partial charge in [0.2, 0.25) is 5.91 Å². The number of amides is 3. The Bertz CT molecular complexity index is 1110. The summed E-state index contributed by atoms with van der Waals surface area (Å²) in [6.45, 7) is 3.08. The average Bonchev–Trinajstić information content (AvgIpc) is 3.38. The lowest BCUT2D eigenvalue weighted by Gasteiger charge is -2.37. The summed E-state index contributed by atoms with van der Waals surface area (Å²) in [6, 6.07) is 26.9. The molecule has 3 aromatic carbocycles. The SMILES string of the molecule is NC(=O)C(c1ccccc1)(c1ccccc1)C1CCN(CCNC(=O)NCc2cccc(CO)c2)C1. The number of carbonyl (C=O) groups is 2. The molecule has 7 heteroatoms. The topological polar surface area (TPSA) is 108 Å². The molecule has 1 aliphatic heterocycles. The molecule has 0 aliphatic carbocycles. The second-order valence-electron chi connectivity index (χ2n) is 9.28. The van der Waals surface area contributed by atoms with Gasteiger partial charge >= 0.3 is 6.03 Å². The summed E-state index contributed by atoms with van der Waals surface area (Å²) in [5.74, 6) is -0.318. The minimum atomic E-state index is -0.912. The minimum Gasteiger partial charge on any atom is -0.392 e. The molecule has 1 heterocycles. The number of hydrogen-bond donors (Lipinski definition) is 4. The monoisotopic (exact) mass is 486 g/mol. The lowest BCUT2D eigenvalue weighted by Crippen LogP contribution is -2.49. The number of benzene rings is 3. The molecule has 36 heavy (non-hydrogen) atoms. The van der Waals surface area contributed by atoms with Gasteiger partial charge in [0, 0.05) is 26.2 Å². The van der Waals surface area contributed by atoms with Gasteiger partial charge < -0.3 is 26.4 Å². The maximum Gasteiger partial charge on any atom is 0.315 e. The number of carbonyl (C=O) groups excluding carboxylic acids is 2. The molecule has 7 nitrogen and oxygen atoms in total. The normalized spacial score (nSPS) is 16.0. The minimum absolute atomic E-state index is 0.0208. The molecule has 0 aromatic heterocycles. The highest BCUT2D eigenvalue weighted by molar-refractivity contribution is 5.91. The molecule has 1 saturated heterocycles. The fourth-order valence-corrected chi connectivity index (χ4v) is 5.33. The third-order valence-corrected chi connectivity index (χ3v) is 7.07. The molecule has 5 N–H and O–H groups in total. The van der Waals surface area contributed by atoms with E-state index in [0.29, 0.717) is 26.2 Å². The molecule has 3 aromatic rings. The van der Waals surface area contributed by atoms with E-state index >= 15 is 0 Å². The van der Waals surface area contributed by atoms with Crippen LogP contribution in [0.3, 0.4) is 0 Å². The fraction of sp³-hybridized carbons (Fsp3) is 0.310. The second-order valence-corrected chi connectivity index (χ2v) is 9.28. The summed E-state index contributed by atoms with van der Waals surface area (Å²) in [5.41, 5.74) is 8.83. The zero-order valence-corrected chi connectivity index (χ0v) is 20.4. The highest BCUT2D eigenvalue weighted by atomic mass is 16.3. The van der Waals surface area contributed by atoms with Gasteiger partial charge in [-0.2, -0.15) is 0 Å². The lowest BCUT2D eigenvalue weighted by molar-refractivity contribution is -0.123. The van der Waals surface area contributed by atoms with Crippen molar-refractivity contribution in [1.82, 2.24) is 15.5 Å². The third kappa shape index (κ3) is 5.58. The Kier molecular flexibility index (Phi) is 8.36. The highest BCUT2D eigenvalue weighted by Gasteiger charge is 2.49. The van der Waals surface area contributed by atoms with Crippen molar-refractivity contribution in [3.63, 3.8) is 0 Å². The van der Waals surface area contributed by atoms with Crippen molar-refractivity contribution in [2.45, 2.75) is 25.0 Å². The number of primary amides is 1. The zero-order chi connectivity index (χ0) is 25.4. The summed E-state index contributed by atoms with van der Waals surface area (Å²) >= 11 is 0. The Hall–Kier alpha value is -3.68. The van der Waals surface area contributed by atoms with Gasteiger partial charge in [0.1, 0.15) is 5.41 Å². The molecular formula is C29H34N4O3.